The monoisotopic (exact) mass is 1040 g/mol. The molecule has 0 bridgehead atoms. The molecule has 15 atom stereocenters. The van der Waals surface area contributed by atoms with Gasteiger partial charge < -0.3 is 75.8 Å². The van der Waals surface area contributed by atoms with Gasteiger partial charge in [0.2, 0.25) is 0 Å². The molecule has 8 rings (SSSR count). The minimum absolute atomic E-state index is 0.00627. The van der Waals surface area contributed by atoms with Crippen LogP contribution in [0.5, 0.6) is 0 Å². The normalized spacial score (nSPS) is 33.0. The quantitative estimate of drug-likeness (QED) is 0.154. The van der Waals surface area contributed by atoms with Crippen LogP contribution < -0.4 is 0 Å². The number of methoxy groups -OCH3 is 1. The summed E-state index contributed by atoms with van der Waals surface area (Å²) in [6, 6.07) is 23.7. The van der Waals surface area contributed by atoms with Gasteiger partial charge in [-0.15, -0.1) is 0 Å². The summed E-state index contributed by atoms with van der Waals surface area (Å²) in [7, 11) is 1.34. The van der Waals surface area contributed by atoms with Gasteiger partial charge in [0.05, 0.1) is 29.9 Å². The highest BCUT2D eigenvalue weighted by atomic mass is 16.8. The van der Waals surface area contributed by atoms with Gasteiger partial charge in [0, 0.05) is 27.9 Å². The van der Waals surface area contributed by atoms with Crippen LogP contribution in [0.1, 0.15) is 79.5 Å². The van der Waals surface area contributed by atoms with Gasteiger partial charge in [-0.2, -0.15) is 0 Å². The Hall–Kier alpha value is -5.92. The molecule has 5 fully saturated rings. The molecule has 0 radical (unpaired) electrons. The number of ether oxygens (including phenoxy) is 16. The van der Waals surface area contributed by atoms with Crippen LogP contribution in [0.3, 0.4) is 0 Å². The molecule has 0 N–H and O–H groups in total. The van der Waals surface area contributed by atoms with Gasteiger partial charge in [-0.05, 0) is 64.1 Å². The van der Waals surface area contributed by atoms with E-state index in [0.717, 1.165) is 13.8 Å². The molecule has 22 heteroatoms. The summed E-state index contributed by atoms with van der Waals surface area (Å²) in [4.78, 5) is 81.1. The molecule has 400 valence electrons. The number of hydrogen-bond donors (Lipinski definition) is 0. The minimum atomic E-state index is -1.87. The predicted octanol–water partition coefficient (Wildman–Crippen LogP) is 3.98. The summed E-state index contributed by atoms with van der Waals surface area (Å²) in [6.45, 7) is 9.20. The molecule has 5 aliphatic heterocycles. The Morgan fingerprint density at radius 1 is 0.473 bits per heavy atom. The lowest BCUT2D eigenvalue weighted by molar-refractivity contribution is -0.428. The summed E-state index contributed by atoms with van der Waals surface area (Å²) in [5.74, 6) is -7.63. The number of benzene rings is 3. The molecule has 74 heavy (non-hydrogen) atoms. The summed E-state index contributed by atoms with van der Waals surface area (Å²) in [5.41, 5.74) is 0.317. The zero-order valence-corrected chi connectivity index (χ0v) is 41.9. The fourth-order valence-corrected chi connectivity index (χ4v) is 9.21. The molecule has 5 heterocycles. The van der Waals surface area contributed by atoms with Crippen LogP contribution in [-0.2, 0) is 90.2 Å². The Morgan fingerprint density at radius 2 is 0.851 bits per heavy atom. The zero-order chi connectivity index (χ0) is 52.9. The second-order valence-electron chi connectivity index (χ2n) is 18.8. The SMILES string of the molecule is CO[C@H]1O[C@@H]2COC(C)(C)O[C@H]2[C@H](O[C@H]2O[C@@H]3COC(C)(C)O[C@H]3[C@H](O[C@H]3O[C@H](COC(=O)c4ccccc4)[C@@H](OC(=O)c4ccccc4)[C@H](OC(=O)c4ccccc4)[C@@H]3OC(C)=O)[C@@H]2OC(C)=O)[C@@H]1OC(C)=O. The maximum Gasteiger partial charge on any atom is 0.338 e. The van der Waals surface area contributed by atoms with Gasteiger partial charge in [0.15, 0.2) is 61.0 Å². The molecule has 0 spiro atoms. The summed E-state index contributed by atoms with van der Waals surface area (Å²) < 4.78 is 99.4. The lowest BCUT2D eigenvalue weighted by atomic mass is 9.94. The van der Waals surface area contributed by atoms with Crippen LogP contribution in [0.15, 0.2) is 91.0 Å². The summed E-state index contributed by atoms with van der Waals surface area (Å²) >= 11 is 0. The van der Waals surface area contributed by atoms with Crippen molar-refractivity contribution >= 4 is 35.8 Å². The molecular weight excluding hydrogens is 977 g/mol. The topological polar surface area (TPSA) is 250 Å². The minimum Gasteiger partial charge on any atom is -0.459 e. The van der Waals surface area contributed by atoms with Gasteiger partial charge in [-0.25, -0.2) is 14.4 Å². The standard InChI is InChI=1S/C52H60O22/c1-27(53)63-42-40(37-34(66-48(42)59-8)25-61-51(4,5)73-37)71-50-44(65-29(3)55)41(38-35(68-50)26-62-52(6,7)74-38)72-49-43(64-28(2)54)39(70-47(58)32-22-16-11-17-23-32)36(69-46(57)31-20-14-10-15-21-31)33(67-49)24-60-45(56)30-18-12-9-13-19-30/h9-23,33-44,48-50H,24-26H2,1-8H3/t33-,34-,35-,36-,37-,38-,39+,40+,41+,42+,43+,44+,48+,49-,50-/m1/s1. The van der Waals surface area contributed by atoms with E-state index in [2.05, 4.69) is 0 Å². The maximum absolute atomic E-state index is 14.2. The summed E-state index contributed by atoms with van der Waals surface area (Å²) in [6.07, 6.45) is -21.4. The molecule has 0 aliphatic carbocycles. The van der Waals surface area contributed by atoms with E-state index in [1.165, 1.54) is 50.4 Å². The Kier molecular flexibility index (Phi) is 17.1. The first-order valence-corrected chi connectivity index (χ1v) is 24.0. The van der Waals surface area contributed by atoms with Gasteiger partial charge in [0.1, 0.15) is 49.3 Å². The van der Waals surface area contributed by atoms with E-state index in [9.17, 15) is 28.8 Å². The Labute approximate surface area is 426 Å². The lowest BCUT2D eigenvalue weighted by Crippen LogP contribution is -2.71. The van der Waals surface area contributed by atoms with E-state index >= 15 is 0 Å². The Morgan fingerprint density at radius 3 is 1.28 bits per heavy atom. The fourth-order valence-electron chi connectivity index (χ4n) is 9.21. The Balaban J connectivity index is 1.22. The first-order valence-electron chi connectivity index (χ1n) is 24.0. The third-order valence-corrected chi connectivity index (χ3v) is 12.4. The average molecular weight is 1040 g/mol. The second kappa shape index (κ2) is 23.3. The molecule has 0 aromatic heterocycles. The first-order chi connectivity index (χ1) is 35.3. The van der Waals surface area contributed by atoms with Gasteiger partial charge in [-0.3, -0.25) is 14.4 Å². The number of hydrogen-bond acceptors (Lipinski definition) is 22. The van der Waals surface area contributed by atoms with E-state index in [0.29, 0.717) is 0 Å². The molecule has 0 unspecified atom stereocenters. The van der Waals surface area contributed by atoms with Gasteiger partial charge in [0.25, 0.3) is 0 Å². The third-order valence-electron chi connectivity index (χ3n) is 12.4. The van der Waals surface area contributed by atoms with Crippen molar-refractivity contribution in [2.45, 2.75) is 152 Å². The molecule has 22 nitrogen and oxygen atoms in total. The molecule has 3 aromatic rings. The van der Waals surface area contributed by atoms with Crippen LogP contribution in [0.4, 0.5) is 0 Å². The van der Waals surface area contributed by atoms with Crippen molar-refractivity contribution in [1.29, 1.82) is 0 Å². The van der Waals surface area contributed by atoms with Crippen molar-refractivity contribution in [2.75, 3.05) is 26.9 Å². The van der Waals surface area contributed by atoms with E-state index in [1.807, 2.05) is 0 Å². The van der Waals surface area contributed by atoms with Crippen LogP contribution in [0, 0.1) is 0 Å². The molecule has 3 aromatic carbocycles. The van der Waals surface area contributed by atoms with Crippen molar-refractivity contribution < 1.29 is 105 Å². The van der Waals surface area contributed by atoms with Crippen molar-refractivity contribution in [3.8, 4) is 0 Å². The van der Waals surface area contributed by atoms with Crippen LogP contribution in [-0.4, -0.2) is 166 Å². The third kappa shape index (κ3) is 12.9. The maximum atomic E-state index is 14.2. The van der Waals surface area contributed by atoms with E-state index < -0.39 is 146 Å². The smallest absolute Gasteiger partial charge is 0.338 e. The second-order valence-corrected chi connectivity index (χ2v) is 18.8. The van der Waals surface area contributed by atoms with E-state index in [-0.39, 0.29) is 29.9 Å². The summed E-state index contributed by atoms with van der Waals surface area (Å²) in [5, 5.41) is 0. The molecular formula is C52H60O22. The van der Waals surface area contributed by atoms with Crippen molar-refractivity contribution in [2.24, 2.45) is 0 Å². The van der Waals surface area contributed by atoms with E-state index in [1.54, 1.807) is 82.3 Å². The zero-order valence-electron chi connectivity index (χ0n) is 41.9. The van der Waals surface area contributed by atoms with Crippen LogP contribution in [0.2, 0.25) is 0 Å². The van der Waals surface area contributed by atoms with Crippen molar-refractivity contribution in [3.63, 3.8) is 0 Å². The number of rotatable bonds is 15. The van der Waals surface area contributed by atoms with Crippen LogP contribution in [0.25, 0.3) is 0 Å². The highest BCUT2D eigenvalue weighted by molar-refractivity contribution is 5.91. The van der Waals surface area contributed by atoms with Gasteiger partial charge in [-0.1, -0.05) is 54.6 Å². The van der Waals surface area contributed by atoms with Crippen LogP contribution >= 0.6 is 0 Å². The Bertz CT molecular complexity index is 2440. The van der Waals surface area contributed by atoms with Gasteiger partial charge >= 0.3 is 35.8 Å². The van der Waals surface area contributed by atoms with Crippen molar-refractivity contribution in [1.82, 2.24) is 0 Å². The largest absolute Gasteiger partial charge is 0.459 e. The molecule has 5 aliphatic rings. The molecule has 0 saturated carbocycles. The lowest BCUT2D eigenvalue weighted by Gasteiger charge is -2.54. The number of esters is 6. The van der Waals surface area contributed by atoms with Crippen molar-refractivity contribution in [3.05, 3.63) is 108 Å². The molecule has 0 amide bonds. The average Bonchev–Trinajstić information content (AvgIpc) is 3.36. The predicted molar refractivity (Wildman–Crippen MR) is 247 cm³/mol. The molecule has 5 saturated heterocycles. The number of fused-ring (bicyclic) bond motifs is 2. The highest BCUT2D eigenvalue weighted by Crippen LogP contribution is 2.42. The number of carbonyl (C=O) groups excluding carboxylic acids is 6. The fraction of sp³-hybridized carbons (Fsp3) is 0.538. The highest BCUT2D eigenvalue weighted by Gasteiger charge is 2.61. The number of carbonyl (C=O) groups is 6. The van der Waals surface area contributed by atoms with E-state index in [4.69, 9.17) is 75.8 Å². The first kappa shape index (κ1) is 54.3.